The Balaban J connectivity index is 2.10. The molecule has 33 heavy (non-hydrogen) atoms. The van der Waals surface area contributed by atoms with Gasteiger partial charge < -0.3 is 25.5 Å². The summed E-state index contributed by atoms with van der Waals surface area (Å²) in [6.07, 6.45) is -1.71. The van der Waals surface area contributed by atoms with Crippen molar-refractivity contribution in [1.29, 1.82) is 0 Å². The highest BCUT2D eigenvalue weighted by molar-refractivity contribution is 6.33. The molecule has 9 nitrogen and oxygen atoms in total. The SMILES string of the molecule is C=C1c2c(Cl)ccc(O)c2C(O)=C2C(=O)[C@]3(O)C(O)=C(C(C)=O)C(=O)[C@@H](N(C)C)[C@@H]3[C@@H](O)[C@H]12. The Morgan fingerprint density at radius 1 is 1.15 bits per heavy atom. The number of fused-ring (bicyclic) bond motifs is 3. The first kappa shape index (κ1) is 23.2. The molecule has 1 fully saturated rings. The first-order chi connectivity index (χ1) is 15.3. The van der Waals surface area contributed by atoms with Crippen LogP contribution in [0.5, 0.6) is 5.75 Å². The molecule has 0 heterocycles. The van der Waals surface area contributed by atoms with Crippen molar-refractivity contribution in [1.82, 2.24) is 4.90 Å². The number of aliphatic hydroxyl groups is 4. The van der Waals surface area contributed by atoms with E-state index in [1.54, 1.807) is 0 Å². The Morgan fingerprint density at radius 2 is 1.76 bits per heavy atom. The van der Waals surface area contributed by atoms with Gasteiger partial charge in [0.1, 0.15) is 22.8 Å². The number of carbonyl (C=O) groups excluding carboxylic acids is 3. The number of phenols is 1. The summed E-state index contributed by atoms with van der Waals surface area (Å²) in [5.74, 6) is -8.23. The summed E-state index contributed by atoms with van der Waals surface area (Å²) in [6, 6.07) is 1.19. The largest absolute Gasteiger partial charge is 0.508 e. The van der Waals surface area contributed by atoms with E-state index in [0.717, 1.165) is 6.92 Å². The molecule has 1 aromatic carbocycles. The zero-order chi connectivity index (χ0) is 24.7. The molecule has 0 unspecified atom stereocenters. The minimum atomic E-state index is -2.89. The van der Waals surface area contributed by atoms with Crippen LogP contribution in [0.3, 0.4) is 0 Å². The highest BCUT2D eigenvalue weighted by Crippen LogP contribution is 2.56. The maximum absolute atomic E-state index is 13.7. The van der Waals surface area contributed by atoms with Crippen molar-refractivity contribution in [2.24, 2.45) is 11.8 Å². The Labute approximate surface area is 193 Å². The smallest absolute Gasteiger partial charge is 0.203 e. The third-order valence-corrected chi connectivity index (χ3v) is 7.09. The fourth-order valence-corrected chi connectivity index (χ4v) is 5.64. The molecule has 0 amide bonds. The molecule has 1 saturated carbocycles. The Morgan fingerprint density at radius 3 is 2.30 bits per heavy atom. The van der Waals surface area contributed by atoms with Gasteiger partial charge in [-0.2, -0.15) is 0 Å². The second kappa shape index (κ2) is 7.26. The van der Waals surface area contributed by atoms with E-state index in [2.05, 4.69) is 6.58 Å². The number of carbonyl (C=O) groups is 3. The first-order valence-corrected chi connectivity index (χ1v) is 10.4. The van der Waals surface area contributed by atoms with Crippen LogP contribution < -0.4 is 0 Å². The quantitative estimate of drug-likeness (QED) is 0.396. The van der Waals surface area contributed by atoms with Gasteiger partial charge in [0.2, 0.25) is 5.78 Å². The lowest BCUT2D eigenvalue weighted by atomic mass is 9.55. The van der Waals surface area contributed by atoms with Crippen LogP contribution >= 0.6 is 11.6 Å². The number of Topliss-reactive ketones (excluding diaryl/α,β-unsaturated/α-hetero) is 3. The van der Waals surface area contributed by atoms with Crippen molar-refractivity contribution < 1.29 is 39.9 Å². The molecule has 0 bridgehead atoms. The van der Waals surface area contributed by atoms with E-state index in [4.69, 9.17) is 11.6 Å². The number of hydrogen-bond acceptors (Lipinski definition) is 9. The molecule has 174 valence electrons. The van der Waals surface area contributed by atoms with Crippen molar-refractivity contribution >= 4 is 40.3 Å². The highest BCUT2D eigenvalue weighted by Gasteiger charge is 2.67. The van der Waals surface area contributed by atoms with Crippen LogP contribution in [0.2, 0.25) is 5.02 Å². The van der Waals surface area contributed by atoms with E-state index in [1.165, 1.54) is 31.1 Å². The van der Waals surface area contributed by atoms with Crippen LogP contribution in [-0.2, 0) is 14.4 Å². The zero-order valence-corrected chi connectivity index (χ0v) is 18.7. The summed E-state index contributed by atoms with van der Waals surface area (Å²) >= 11 is 6.26. The second-order valence-corrected chi connectivity index (χ2v) is 9.15. The number of hydrogen-bond donors (Lipinski definition) is 5. The van der Waals surface area contributed by atoms with Crippen LogP contribution in [0, 0.1) is 11.8 Å². The number of benzene rings is 1. The van der Waals surface area contributed by atoms with E-state index in [9.17, 15) is 39.9 Å². The standard InChI is InChI=1S/C23H22ClNO8/c1-7-11-9(24)5-6-10(27)14(11)18(28)15-12(7)19(29)16-17(25(3)4)20(30)13(8(2)26)21(31)23(16,33)22(15)32/h5-6,12,16-17,19,27-29,31,33H,1H2,2-4H3/t12-,16-,17+,19+,23-/m1/s1. The van der Waals surface area contributed by atoms with Crippen molar-refractivity contribution in [3.05, 3.63) is 51.8 Å². The molecule has 3 aliphatic carbocycles. The summed E-state index contributed by atoms with van der Waals surface area (Å²) in [6.45, 7) is 4.91. The predicted octanol–water partition coefficient (Wildman–Crippen LogP) is 1.16. The van der Waals surface area contributed by atoms with Gasteiger partial charge >= 0.3 is 0 Å². The number of aliphatic hydroxyl groups excluding tert-OH is 3. The average Bonchev–Trinajstić information content (AvgIpc) is 2.72. The zero-order valence-electron chi connectivity index (χ0n) is 18.0. The van der Waals surface area contributed by atoms with Crippen molar-refractivity contribution in [3.8, 4) is 5.75 Å². The summed E-state index contributed by atoms with van der Waals surface area (Å²) in [5.41, 5.74) is -4.20. The minimum absolute atomic E-state index is 0.0763. The topological polar surface area (TPSA) is 156 Å². The predicted molar refractivity (Wildman–Crippen MR) is 117 cm³/mol. The monoisotopic (exact) mass is 475 g/mol. The Bertz CT molecular complexity index is 1230. The van der Waals surface area contributed by atoms with Gasteiger partial charge in [-0.1, -0.05) is 18.2 Å². The number of nitrogens with zero attached hydrogens (tertiary/aromatic N) is 1. The van der Waals surface area contributed by atoms with E-state index in [1.807, 2.05) is 0 Å². The van der Waals surface area contributed by atoms with E-state index < -0.39 is 75.3 Å². The fourth-order valence-electron chi connectivity index (χ4n) is 5.36. The number of ketones is 3. The van der Waals surface area contributed by atoms with Crippen molar-refractivity contribution in [2.45, 2.75) is 24.7 Å². The maximum Gasteiger partial charge on any atom is 0.203 e. The van der Waals surface area contributed by atoms with Gasteiger partial charge in [-0.25, -0.2) is 0 Å². The molecule has 0 aliphatic heterocycles. The molecule has 0 radical (unpaired) electrons. The number of likely N-dealkylation sites (N-methyl/N-ethyl adjacent to an activating group) is 1. The molecule has 1 aromatic rings. The van der Waals surface area contributed by atoms with E-state index in [-0.39, 0.29) is 21.7 Å². The van der Waals surface area contributed by atoms with Crippen LogP contribution in [0.15, 0.2) is 35.6 Å². The molecule has 0 spiro atoms. The molecule has 0 aromatic heterocycles. The second-order valence-electron chi connectivity index (χ2n) is 8.75. The van der Waals surface area contributed by atoms with Gasteiger partial charge in [0.25, 0.3) is 0 Å². The summed E-state index contributed by atoms with van der Waals surface area (Å²) in [4.78, 5) is 40.3. The lowest BCUT2D eigenvalue weighted by Crippen LogP contribution is -2.69. The molecule has 5 N–H and O–H groups in total. The minimum Gasteiger partial charge on any atom is -0.508 e. The third kappa shape index (κ3) is 2.73. The molecule has 5 atom stereocenters. The van der Waals surface area contributed by atoms with Crippen LogP contribution in [0.4, 0.5) is 0 Å². The Kier molecular flexibility index (Phi) is 5.10. The number of phenolic OH excluding ortho intramolecular Hbond substituents is 1. The molecular formula is C23H22ClNO8. The average molecular weight is 476 g/mol. The summed E-state index contributed by atoms with van der Waals surface area (Å²) < 4.78 is 0. The molecular weight excluding hydrogens is 454 g/mol. The van der Waals surface area contributed by atoms with Crippen LogP contribution in [-0.4, -0.2) is 79.6 Å². The van der Waals surface area contributed by atoms with Crippen molar-refractivity contribution in [2.75, 3.05) is 14.1 Å². The lowest BCUT2D eigenvalue weighted by molar-refractivity contribution is -0.166. The Hall–Kier alpha value is -2.98. The van der Waals surface area contributed by atoms with Gasteiger partial charge in [0, 0.05) is 16.5 Å². The van der Waals surface area contributed by atoms with Gasteiger partial charge in [-0.15, -0.1) is 0 Å². The van der Waals surface area contributed by atoms with Gasteiger partial charge in [-0.3, -0.25) is 19.3 Å². The third-order valence-electron chi connectivity index (χ3n) is 6.78. The number of halogens is 1. The maximum atomic E-state index is 13.7. The summed E-state index contributed by atoms with van der Waals surface area (Å²) in [7, 11) is 2.92. The number of rotatable bonds is 2. The normalized spacial score (nSPS) is 31.5. The first-order valence-electron chi connectivity index (χ1n) is 10.0. The molecule has 4 rings (SSSR count). The highest BCUT2D eigenvalue weighted by atomic mass is 35.5. The van der Waals surface area contributed by atoms with E-state index >= 15 is 0 Å². The van der Waals surface area contributed by atoms with Gasteiger partial charge in [-0.05, 0) is 38.7 Å². The van der Waals surface area contributed by atoms with Crippen LogP contribution in [0.1, 0.15) is 18.1 Å². The molecule has 3 aliphatic rings. The number of aromatic hydroxyl groups is 1. The van der Waals surface area contributed by atoms with Crippen LogP contribution in [0.25, 0.3) is 11.3 Å². The fraction of sp³-hybridized carbons (Fsp3) is 0.348. The van der Waals surface area contributed by atoms with Gasteiger partial charge in [0.15, 0.2) is 17.2 Å². The van der Waals surface area contributed by atoms with E-state index in [0.29, 0.717) is 0 Å². The molecule has 10 heteroatoms. The van der Waals surface area contributed by atoms with Gasteiger partial charge in [0.05, 0.1) is 29.2 Å². The van der Waals surface area contributed by atoms with Crippen molar-refractivity contribution in [3.63, 3.8) is 0 Å². The lowest BCUT2D eigenvalue weighted by Gasteiger charge is -2.53. The molecule has 0 saturated heterocycles. The summed E-state index contributed by atoms with van der Waals surface area (Å²) in [5, 5.41) is 55.2.